The van der Waals surface area contributed by atoms with Gasteiger partial charge in [0.25, 0.3) is 0 Å². The minimum absolute atomic E-state index is 0.515. The fourth-order valence-electron chi connectivity index (χ4n) is 3.43. The van der Waals surface area contributed by atoms with Gasteiger partial charge in [0.2, 0.25) is 0 Å². The van der Waals surface area contributed by atoms with Crippen LogP contribution in [0.1, 0.15) is 31.9 Å². The van der Waals surface area contributed by atoms with Gasteiger partial charge < -0.3 is 5.32 Å². The SMILES string of the molecule is CC(C)NCC1CCN(C)C1c1ccc2ncccc2c1. The van der Waals surface area contributed by atoms with E-state index < -0.39 is 0 Å². The summed E-state index contributed by atoms with van der Waals surface area (Å²) in [6.45, 7) is 6.71. The highest BCUT2D eigenvalue weighted by atomic mass is 15.2. The van der Waals surface area contributed by atoms with Gasteiger partial charge in [-0.1, -0.05) is 26.0 Å². The van der Waals surface area contributed by atoms with Crippen molar-refractivity contribution in [1.29, 1.82) is 0 Å². The van der Waals surface area contributed by atoms with E-state index in [1.54, 1.807) is 0 Å². The number of nitrogens with one attached hydrogen (secondary N) is 1. The van der Waals surface area contributed by atoms with E-state index in [1.165, 1.54) is 23.9 Å². The van der Waals surface area contributed by atoms with Crippen LogP contribution in [0.3, 0.4) is 0 Å². The third kappa shape index (κ3) is 3.09. The lowest BCUT2D eigenvalue weighted by Crippen LogP contribution is -2.32. The quantitative estimate of drug-likeness (QED) is 0.934. The van der Waals surface area contributed by atoms with Gasteiger partial charge in [0.15, 0.2) is 0 Å². The number of nitrogens with zero attached hydrogens (tertiary/aromatic N) is 2. The zero-order valence-electron chi connectivity index (χ0n) is 13.2. The first-order chi connectivity index (χ1) is 10.1. The maximum absolute atomic E-state index is 4.42. The molecule has 1 aliphatic rings. The molecule has 2 atom stereocenters. The van der Waals surface area contributed by atoms with Crippen molar-refractivity contribution in [2.24, 2.45) is 5.92 Å². The second kappa shape index (κ2) is 6.12. The van der Waals surface area contributed by atoms with Crippen molar-refractivity contribution < 1.29 is 0 Å². The molecule has 1 fully saturated rings. The first-order valence-corrected chi connectivity index (χ1v) is 7.93. The number of likely N-dealkylation sites (tertiary alicyclic amines) is 1. The lowest BCUT2D eigenvalue weighted by atomic mass is 9.92. The monoisotopic (exact) mass is 283 g/mol. The first-order valence-electron chi connectivity index (χ1n) is 7.93. The lowest BCUT2D eigenvalue weighted by molar-refractivity contribution is 0.269. The van der Waals surface area contributed by atoms with Gasteiger partial charge in [-0.3, -0.25) is 9.88 Å². The highest BCUT2D eigenvalue weighted by Crippen LogP contribution is 2.36. The van der Waals surface area contributed by atoms with Crippen LogP contribution in [0, 0.1) is 5.92 Å². The van der Waals surface area contributed by atoms with Crippen molar-refractivity contribution >= 4 is 10.9 Å². The molecular formula is C18H25N3. The lowest BCUT2D eigenvalue weighted by Gasteiger charge is -2.26. The standard InChI is InChI=1S/C18H25N3/c1-13(2)20-12-16-8-10-21(3)18(16)15-6-7-17-14(11-15)5-4-9-19-17/h4-7,9,11,13,16,18,20H,8,10,12H2,1-3H3. The summed E-state index contributed by atoms with van der Waals surface area (Å²) in [5.41, 5.74) is 2.50. The molecule has 0 saturated carbocycles. The molecule has 1 aromatic carbocycles. The molecule has 1 aliphatic heterocycles. The van der Waals surface area contributed by atoms with Crippen LogP contribution >= 0.6 is 0 Å². The van der Waals surface area contributed by atoms with E-state index in [4.69, 9.17) is 0 Å². The van der Waals surface area contributed by atoms with Crippen molar-refractivity contribution in [2.45, 2.75) is 32.4 Å². The average molecular weight is 283 g/mol. The summed E-state index contributed by atoms with van der Waals surface area (Å²) in [6, 6.07) is 12.0. The molecule has 1 N–H and O–H groups in total. The molecule has 112 valence electrons. The Morgan fingerprint density at radius 2 is 2.19 bits per heavy atom. The highest BCUT2D eigenvalue weighted by molar-refractivity contribution is 5.79. The highest BCUT2D eigenvalue weighted by Gasteiger charge is 2.32. The maximum Gasteiger partial charge on any atom is 0.0702 e. The van der Waals surface area contributed by atoms with Crippen LogP contribution in [-0.2, 0) is 0 Å². The van der Waals surface area contributed by atoms with E-state index in [2.05, 4.69) is 60.4 Å². The third-order valence-corrected chi connectivity index (χ3v) is 4.53. The van der Waals surface area contributed by atoms with Crippen LogP contribution < -0.4 is 5.32 Å². The van der Waals surface area contributed by atoms with E-state index in [0.717, 1.165) is 12.1 Å². The van der Waals surface area contributed by atoms with E-state index in [-0.39, 0.29) is 0 Å². The molecule has 2 unspecified atom stereocenters. The van der Waals surface area contributed by atoms with Crippen molar-refractivity contribution in [3.8, 4) is 0 Å². The Labute approximate surface area is 127 Å². The second-order valence-corrected chi connectivity index (χ2v) is 6.49. The Hall–Kier alpha value is -1.45. The summed E-state index contributed by atoms with van der Waals surface area (Å²) in [7, 11) is 2.24. The second-order valence-electron chi connectivity index (χ2n) is 6.49. The van der Waals surface area contributed by atoms with Gasteiger partial charge in [-0.15, -0.1) is 0 Å². The number of hydrogen-bond acceptors (Lipinski definition) is 3. The van der Waals surface area contributed by atoms with Gasteiger partial charge in [-0.05, 0) is 49.7 Å². The molecule has 0 amide bonds. The molecule has 0 aliphatic carbocycles. The van der Waals surface area contributed by atoms with Gasteiger partial charge >= 0.3 is 0 Å². The van der Waals surface area contributed by atoms with Crippen LogP contribution in [0.15, 0.2) is 36.5 Å². The van der Waals surface area contributed by atoms with Crippen molar-refractivity contribution in [3.05, 3.63) is 42.1 Å². The molecule has 2 aromatic rings. The van der Waals surface area contributed by atoms with E-state index in [1.807, 2.05) is 12.3 Å². The minimum atomic E-state index is 0.515. The van der Waals surface area contributed by atoms with E-state index in [9.17, 15) is 0 Å². The molecular weight excluding hydrogens is 258 g/mol. The summed E-state index contributed by atoms with van der Waals surface area (Å²) in [4.78, 5) is 6.91. The van der Waals surface area contributed by atoms with E-state index in [0.29, 0.717) is 18.0 Å². The predicted molar refractivity (Wildman–Crippen MR) is 88.4 cm³/mol. The van der Waals surface area contributed by atoms with Crippen LogP contribution in [0.5, 0.6) is 0 Å². The Kier molecular flexibility index (Phi) is 4.22. The number of pyridine rings is 1. The summed E-state index contributed by atoms with van der Waals surface area (Å²) < 4.78 is 0. The first kappa shape index (κ1) is 14.5. The van der Waals surface area contributed by atoms with Crippen LogP contribution in [0.2, 0.25) is 0 Å². The van der Waals surface area contributed by atoms with E-state index >= 15 is 0 Å². The van der Waals surface area contributed by atoms with Crippen LogP contribution in [-0.4, -0.2) is 36.1 Å². The topological polar surface area (TPSA) is 28.2 Å². The van der Waals surface area contributed by atoms with Crippen molar-refractivity contribution in [3.63, 3.8) is 0 Å². The summed E-state index contributed by atoms with van der Waals surface area (Å²) in [5.74, 6) is 0.687. The smallest absolute Gasteiger partial charge is 0.0702 e. The molecule has 1 saturated heterocycles. The van der Waals surface area contributed by atoms with Gasteiger partial charge in [0, 0.05) is 30.2 Å². The molecule has 3 heteroatoms. The number of aromatic nitrogens is 1. The largest absolute Gasteiger partial charge is 0.314 e. The third-order valence-electron chi connectivity index (χ3n) is 4.53. The summed E-state index contributed by atoms with van der Waals surface area (Å²) in [6.07, 6.45) is 3.13. The fourth-order valence-corrected chi connectivity index (χ4v) is 3.43. The number of fused-ring (bicyclic) bond motifs is 1. The Morgan fingerprint density at radius 3 is 3.00 bits per heavy atom. The molecule has 0 radical (unpaired) electrons. The predicted octanol–water partition coefficient (Wildman–Crippen LogP) is 3.23. The molecule has 2 heterocycles. The molecule has 0 bridgehead atoms. The van der Waals surface area contributed by atoms with Crippen LogP contribution in [0.4, 0.5) is 0 Å². The number of hydrogen-bond donors (Lipinski definition) is 1. The Balaban J connectivity index is 1.87. The summed E-state index contributed by atoms with van der Waals surface area (Å²) >= 11 is 0. The minimum Gasteiger partial charge on any atom is -0.314 e. The molecule has 1 aromatic heterocycles. The fraction of sp³-hybridized carbons (Fsp3) is 0.500. The number of benzene rings is 1. The molecule has 3 rings (SSSR count). The Bertz CT molecular complexity index is 608. The van der Waals surface area contributed by atoms with Gasteiger partial charge in [-0.2, -0.15) is 0 Å². The Morgan fingerprint density at radius 1 is 1.33 bits per heavy atom. The molecule has 3 nitrogen and oxygen atoms in total. The normalized spacial score (nSPS) is 23.2. The molecule has 0 spiro atoms. The maximum atomic E-state index is 4.42. The summed E-state index contributed by atoms with van der Waals surface area (Å²) in [5, 5.41) is 4.85. The zero-order valence-corrected chi connectivity index (χ0v) is 13.2. The van der Waals surface area contributed by atoms with Crippen molar-refractivity contribution in [2.75, 3.05) is 20.1 Å². The van der Waals surface area contributed by atoms with Gasteiger partial charge in [-0.25, -0.2) is 0 Å². The van der Waals surface area contributed by atoms with Crippen LogP contribution in [0.25, 0.3) is 10.9 Å². The molecule has 21 heavy (non-hydrogen) atoms. The van der Waals surface area contributed by atoms with Gasteiger partial charge in [0.1, 0.15) is 0 Å². The van der Waals surface area contributed by atoms with Gasteiger partial charge in [0.05, 0.1) is 5.52 Å². The number of rotatable bonds is 4. The zero-order chi connectivity index (χ0) is 14.8. The average Bonchev–Trinajstić information content (AvgIpc) is 2.85. The van der Waals surface area contributed by atoms with Crippen molar-refractivity contribution in [1.82, 2.24) is 15.2 Å².